The fourth-order valence-electron chi connectivity index (χ4n) is 3.10. The minimum Gasteiger partial charge on any atom is -0.255 e. The molecule has 130 valence electrons. The van der Waals surface area contributed by atoms with Crippen LogP contribution in [-0.2, 0) is 0 Å². The standard InChI is InChI=1S/C26H21N/c1-20-12-14-21(15-13-20)16-17-24-18-25(22-8-4-2-5-9-22)19-27-26(24)23-10-6-3-7-11-23/h2-19H,1H3. The van der Waals surface area contributed by atoms with Crippen molar-refractivity contribution >= 4 is 12.2 Å². The molecule has 0 aliphatic rings. The SMILES string of the molecule is Cc1ccc(C=Cc2cc(-c3ccccc3)cnc2-c2ccccc2)cc1. The summed E-state index contributed by atoms with van der Waals surface area (Å²) in [5.41, 5.74) is 7.99. The van der Waals surface area contributed by atoms with Crippen molar-refractivity contribution in [2.75, 3.05) is 0 Å². The Morgan fingerprint density at radius 2 is 1.26 bits per heavy atom. The van der Waals surface area contributed by atoms with E-state index in [4.69, 9.17) is 4.98 Å². The minimum absolute atomic E-state index is 0.999. The van der Waals surface area contributed by atoms with Gasteiger partial charge in [-0.25, -0.2) is 0 Å². The highest BCUT2D eigenvalue weighted by molar-refractivity contribution is 5.81. The molecule has 0 N–H and O–H groups in total. The average molecular weight is 347 g/mol. The van der Waals surface area contributed by atoms with Gasteiger partial charge in [0.15, 0.2) is 0 Å². The fraction of sp³-hybridized carbons (Fsp3) is 0.0385. The smallest absolute Gasteiger partial charge is 0.0774 e. The summed E-state index contributed by atoms with van der Waals surface area (Å²) in [6.45, 7) is 2.11. The van der Waals surface area contributed by atoms with Gasteiger partial charge in [0.05, 0.1) is 5.69 Å². The van der Waals surface area contributed by atoms with E-state index in [0.29, 0.717) is 0 Å². The van der Waals surface area contributed by atoms with Gasteiger partial charge in [-0.15, -0.1) is 0 Å². The van der Waals surface area contributed by atoms with Crippen LogP contribution >= 0.6 is 0 Å². The monoisotopic (exact) mass is 347 g/mol. The molecule has 0 fully saturated rings. The van der Waals surface area contributed by atoms with E-state index in [-0.39, 0.29) is 0 Å². The van der Waals surface area contributed by atoms with Crippen LogP contribution in [-0.4, -0.2) is 4.98 Å². The number of nitrogens with zero attached hydrogens (tertiary/aromatic N) is 1. The topological polar surface area (TPSA) is 12.9 Å². The van der Waals surface area contributed by atoms with Crippen LogP contribution in [0.4, 0.5) is 0 Å². The first-order valence-corrected chi connectivity index (χ1v) is 9.15. The maximum atomic E-state index is 4.80. The van der Waals surface area contributed by atoms with Crippen LogP contribution in [0.15, 0.2) is 97.2 Å². The molecule has 3 aromatic carbocycles. The highest BCUT2D eigenvalue weighted by atomic mass is 14.7. The zero-order chi connectivity index (χ0) is 18.5. The molecule has 4 rings (SSSR count). The lowest BCUT2D eigenvalue weighted by Crippen LogP contribution is -1.90. The quantitative estimate of drug-likeness (QED) is 0.391. The lowest BCUT2D eigenvalue weighted by atomic mass is 10.00. The number of rotatable bonds is 4. The number of benzene rings is 3. The second kappa shape index (κ2) is 7.84. The molecule has 0 saturated heterocycles. The van der Waals surface area contributed by atoms with Crippen molar-refractivity contribution in [1.29, 1.82) is 0 Å². The highest BCUT2D eigenvalue weighted by Gasteiger charge is 2.07. The molecule has 0 bridgehead atoms. The second-order valence-electron chi connectivity index (χ2n) is 6.64. The summed E-state index contributed by atoms with van der Waals surface area (Å²) in [6.07, 6.45) is 6.27. The Morgan fingerprint density at radius 3 is 1.93 bits per heavy atom. The Morgan fingerprint density at radius 1 is 0.630 bits per heavy atom. The van der Waals surface area contributed by atoms with Crippen molar-refractivity contribution < 1.29 is 0 Å². The molecule has 1 nitrogen and oxygen atoms in total. The van der Waals surface area contributed by atoms with Crippen molar-refractivity contribution in [3.05, 3.63) is 114 Å². The van der Waals surface area contributed by atoms with Crippen LogP contribution in [0.5, 0.6) is 0 Å². The van der Waals surface area contributed by atoms with Crippen LogP contribution in [0, 0.1) is 6.92 Å². The average Bonchev–Trinajstić information content (AvgIpc) is 2.74. The van der Waals surface area contributed by atoms with Gasteiger partial charge < -0.3 is 0 Å². The Hall–Kier alpha value is -3.45. The summed E-state index contributed by atoms with van der Waals surface area (Å²) < 4.78 is 0. The molecule has 0 aliphatic heterocycles. The van der Waals surface area contributed by atoms with Gasteiger partial charge in [-0.2, -0.15) is 0 Å². The van der Waals surface area contributed by atoms with Crippen LogP contribution < -0.4 is 0 Å². The van der Waals surface area contributed by atoms with E-state index in [0.717, 1.165) is 22.4 Å². The summed E-state index contributed by atoms with van der Waals surface area (Å²) in [7, 11) is 0. The van der Waals surface area contributed by atoms with Gasteiger partial charge in [0.25, 0.3) is 0 Å². The third-order valence-corrected chi connectivity index (χ3v) is 4.60. The zero-order valence-corrected chi connectivity index (χ0v) is 15.3. The molecule has 1 heterocycles. The predicted octanol–water partition coefficient (Wildman–Crippen LogP) is 6.89. The van der Waals surface area contributed by atoms with Crippen LogP contribution in [0.1, 0.15) is 16.7 Å². The molecule has 27 heavy (non-hydrogen) atoms. The summed E-state index contributed by atoms with van der Waals surface area (Å²) in [4.78, 5) is 4.80. The van der Waals surface area contributed by atoms with E-state index in [1.165, 1.54) is 16.7 Å². The van der Waals surface area contributed by atoms with E-state index in [2.05, 4.69) is 97.9 Å². The molecule has 1 aromatic heterocycles. The Balaban J connectivity index is 1.79. The Kier molecular flexibility index (Phi) is 4.93. The van der Waals surface area contributed by atoms with E-state index in [1.807, 2.05) is 18.3 Å². The van der Waals surface area contributed by atoms with Crippen molar-refractivity contribution in [3.63, 3.8) is 0 Å². The first-order chi connectivity index (χ1) is 13.3. The number of aromatic nitrogens is 1. The minimum atomic E-state index is 0.999. The summed E-state index contributed by atoms with van der Waals surface area (Å²) in [6, 6.07) is 31.5. The molecule has 0 spiro atoms. The van der Waals surface area contributed by atoms with Gasteiger partial charge >= 0.3 is 0 Å². The van der Waals surface area contributed by atoms with Crippen molar-refractivity contribution in [1.82, 2.24) is 4.98 Å². The third-order valence-electron chi connectivity index (χ3n) is 4.60. The zero-order valence-electron chi connectivity index (χ0n) is 15.3. The van der Waals surface area contributed by atoms with Gasteiger partial charge in [0, 0.05) is 22.9 Å². The van der Waals surface area contributed by atoms with Crippen molar-refractivity contribution in [2.24, 2.45) is 0 Å². The van der Waals surface area contributed by atoms with Crippen LogP contribution in [0.3, 0.4) is 0 Å². The lowest BCUT2D eigenvalue weighted by Gasteiger charge is -2.09. The van der Waals surface area contributed by atoms with Gasteiger partial charge in [-0.1, -0.05) is 103 Å². The Labute approximate surface area is 160 Å². The number of hydrogen-bond donors (Lipinski definition) is 0. The first kappa shape index (κ1) is 17.0. The molecule has 0 amide bonds. The molecule has 0 atom stereocenters. The molecular formula is C26H21N. The number of aryl methyl sites for hydroxylation is 1. The maximum absolute atomic E-state index is 4.80. The molecular weight excluding hydrogens is 326 g/mol. The normalized spacial score (nSPS) is 11.0. The Bertz CT molecular complexity index is 1050. The largest absolute Gasteiger partial charge is 0.255 e. The second-order valence-corrected chi connectivity index (χ2v) is 6.64. The summed E-state index contributed by atoms with van der Waals surface area (Å²) in [5.74, 6) is 0. The molecule has 0 aliphatic carbocycles. The van der Waals surface area contributed by atoms with Gasteiger partial charge in [0.1, 0.15) is 0 Å². The molecule has 4 aromatic rings. The molecule has 0 unspecified atom stereocenters. The maximum Gasteiger partial charge on any atom is 0.0774 e. The number of pyridine rings is 1. The third kappa shape index (κ3) is 4.04. The number of hydrogen-bond acceptors (Lipinski definition) is 1. The van der Waals surface area contributed by atoms with E-state index >= 15 is 0 Å². The highest BCUT2D eigenvalue weighted by Crippen LogP contribution is 2.28. The van der Waals surface area contributed by atoms with Gasteiger partial charge in [-0.3, -0.25) is 4.98 Å². The lowest BCUT2D eigenvalue weighted by molar-refractivity contribution is 1.31. The molecule has 1 heteroatoms. The summed E-state index contributed by atoms with van der Waals surface area (Å²) >= 11 is 0. The van der Waals surface area contributed by atoms with Gasteiger partial charge in [0.2, 0.25) is 0 Å². The van der Waals surface area contributed by atoms with Crippen LogP contribution in [0.2, 0.25) is 0 Å². The predicted molar refractivity (Wildman–Crippen MR) is 115 cm³/mol. The van der Waals surface area contributed by atoms with Crippen molar-refractivity contribution in [2.45, 2.75) is 6.92 Å². The first-order valence-electron chi connectivity index (χ1n) is 9.15. The van der Waals surface area contributed by atoms with E-state index < -0.39 is 0 Å². The van der Waals surface area contributed by atoms with Crippen LogP contribution in [0.25, 0.3) is 34.5 Å². The van der Waals surface area contributed by atoms with E-state index in [1.54, 1.807) is 0 Å². The molecule has 0 saturated carbocycles. The van der Waals surface area contributed by atoms with Gasteiger partial charge in [-0.05, 0) is 24.1 Å². The molecule has 0 radical (unpaired) electrons. The van der Waals surface area contributed by atoms with E-state index in [9.17, 15) is 0 Å². The van der Waals surface area contributed by atoms with Crippen molar-refractivity contribution in [3.8, 4) is 22.4 Å². The summed E-state index contributed by atoms with van der Waals surface area (Å²) in [5, 5.41) is 0. The fourth-order valence-corrected chi connectivity index (χ4v) is 3.10.